The first-order valence-corrected chi connectivity index (χ1v) is 7.83. The molecule has 0 aromatic heterocycles. The SMILES string of the molecule is O=C(O)CC1(NC(=O)CNC(=O)Cc2ccccc2)CCCC1. The molecule has 1 aliphatic carbocycles. The monoisotopic (exact) mass is 318 g/mol. The Bertz CT molecular complexity index is 565. The number of amides is 2. The van der Waals surface area contributed by atoms with Crippen molar-refractivity contribution in [3.8, 4) is 0 Å². The molecule has 0 spiro atoms. The third-order valence-electron chi connectivity index (χ3n) is 4.11. The van der Waals surface area contributed by atoms with E-state index in [1.807, 2.05) is 30.3 Å². The van der Waals surface area contributed by atoms with E-state index in [0.717, 1.165) is 18.4 Å². The Labute approximate surface area is 135 Å². The van der Waals surface area contributed by atoms with Crippen molar-refractivity contribution in [3.05, 3.63) is 35.9 Å². The number of hydrogen-bond donors (Lipinski definition) is 3. The largest absolute Gasteiger partial charge is 0.481 e. The fourth-order valence-electron chi connectivity index (χ4n) is 3.05. The van der Waals surface area contributed by atoms with Crippen LogP contribution in [0.5, 0.6) is 0 Å². The van der Waals surface area contributed by atoms with Crippen molar-refractivity contribution in [3.63, 3.8) is 0 Å². The number of rotatable bonds is 7. The molecule has 6 nitrogen and oxygen atoms in total. The Morgan fingerprint density at radius 2 is 1.70 bits per heavy atom. The molecule has 1 aliphatic rings. The standard InChI is InChI=1S/C17H22N2O4/c20-14(10-13-6-2-1-3-7-13)18-12-15(21)19-17(11-16(22)23)8-4-5-9-17/h1-3,6-7H,4-5,8-12H2,(H,18,20)(H,19,21)(H,22,23). The highest BCUT2D eigenvalue weighted by Gasteiger charge is 2.37. The van der Waals surface area contributed by atoms with Gasteiger partial charge in [-0.1, -0.05) is 43.2 Å². The third-order valence-corrected chi connectivity index (χ3v) is 4.11. The van der Waals surface area contributed by atoms with Gasteiger partial charge in [0.25, 0.3) is 0 Å². The molecule has 3 N–H and O–H groups in total. The zero-order valence-corrected chi connectivity index (χ0v) is 13.0. The van der Waals surface area contributed by atoms with Crippen molar-refractivity contribution in [1.29, 1.82) is 0 Å². The van der Waals surface area contributed by atoms with Crippen molar-refractivity contribution in [2.45, 2.75) is 44.1 Å². The van der Waals surface area contributed by atoms with Gasteiger partial charge in [0.2, 0.25) is 11.8 Å². The lowest BCUT2D eigenvalue weighted by Crippen LogP contribution is -2.51. The molecule has 0 unspecified atom stereocenters. The third kappa shape index (κ3) is 5.39. The minimum atomic E-state index is -0.916. The Kier molecular flexibility index (Phi) is 5.73. The summed E-state index contributed by atoms with van der Waals surface area (Å²) in [5.41, 5.74) is 0.219. The van der Waals surface area contributed by atoms with E-state index in [-0.39, 0.29) is 31.2 Å². The second kappa shape index (κ2) is 7.76. The first kappa shape index (κ1) is 17.0. The Balaban J connectivity index is 1.79. The first-order chi connectivity index (χ1) is 11.0. The van der Waals surface area contributed by atoms with Crippen LogP contribution in [-0.4, -0.2) is 35.0 Å². The highest BCUT2D eigenvalue weighted by atomic mass is 16.4. The summed E-state index contributed by atoms with van der Waals surface area (Å²) in [7, 11) is 0. The van der Waals surface area contributed by atoms with Gasteiger partial charge in [-0.3, -0.25) is 14.4 Å². The number of hydrogen-bond acceptors (Lipinski definition) is 3. The molecule has 1 saturated carbocycles. The van der Waals surface area contributed by atoms with Gasteiger partial charge in [-0.25, -0.2) is 0 Å². The average molecular weight is 318 g/mol. The van der Waals surface area contributed by atoms with Gasteiger partial charge in [-0.05, 0) is 18.4 Å². The summed E-state index contributed by atoms with van der Waals surface area (Å²) in [5.74, 6) is -1.49. The number of carboxylic acids is 1. The van der Waals surface area contributed by atoms with Gasteiger partial charge in [0.15, 0.2) is 0 Å². The van der Waals surface area contributed by atoms with E-state index < -0.39 is 11.5 Å². The van der Waals surface area contributed by atoms with Gasteiger partial charge in [-0.15, -0.1) is 0 Å². The Morgan fingerprint density at radius 3 is 2.30 bits per heavy atom. The Hall–Kier alpha value is -2.37. The number of nitrogens with one attached hydrogen (secondary N) is 2. The molecule has 0 atom stereocenters. The van der Waals surface area contributed by atoms with E-state index in [1.165, 1.54) is 0 Å². The quantitative estimate of drug-likeness (QED) is 0.705. The zero-order valence-electron chi connectivity index (χ0n) is 13.0. The van der Waals surface area contributed by atoms with Gasteiger partial charge in [0.05, 0.1) is 24.9 Å². The van der Waals surface area contributed by atoms with Crippen LogP contribution in [0.2, 0.25) is 0 Å². The summed E-state index contributed by atoms with van der Waals surface area (Å²) in [6.45, 7) is -0.132. The van der Waals surface area contributed by atoms with E-state index in [4.69, 9.17) is 5.11 Å². The van der Waals surface area contributed by atoms with Gasteiger partial charge in [0, 0.05) is 0 Å². The van der Waals surface area contributed by atoms with E-state index in [9.17, 15) is 14.4 Å². The summed E-state index contributed by atoms with van der Waals surface area (Å²) in [5, 5.41) is 14.4. The van der Waals surface area contributed by atoms with Crippen LogP contribution in [0, 0.1) is 0 Å². The topological polar surface area (TPSA) is 95.5 Å². The maximum Gasteiger partial charge on any atom is 0.305 e. The van der Waals surface area contributed by atoms with Gasteiger partial charge >= 0.3 is 5.97 Å². The molecule has 1 aromatic rings. The van der Waals surface area contributed by atoms with Crippen molar-refractivity contribution in [2.75, 3.05) is 6.54 Å². The van der Waals surface area contributed by atoms with E-state index in [2.05, 4.69) is 10.6 Å². The molecule has 1 fully saturated rings. The lowest BCUT2D eigenvalue weighted by Gasteiger charge is -2.28. The predicted molar refractivity (Wildman–Crippen MR) is 84.8 cm³/mol. The second-order valence-corrected chi connectivity index (χ2v) is 6.05. The number of aliphatic carboxylic acids is 1. The first-order valence-electron chi connectivity index (χ1n) is 7.83. The molecule has 0 saturated heterocycles. The van der Waals surface area contributed by atoms with Gasteiger partial charge < -0.3 is 15.7 Å². The zero-order chi connectivity index (χ0) is 16.7. The number of carbonyl (C=O) groups is 3. The van der Waals surface area contributed by atoms with E-state index >= 15 is 0 Å². The number of benzene rings is 1. The molecule has 0 bridgehead atoms. The molecule has 0 heterocycles. The summed E-state index contributed by atoms with van der Waals surface area (Å²) < 4.78 is 0. The average Bonchev–Trinajstić information content (AvgIpc) is 2.93. The molecular weight excluding hydrogens is 296 g/mol. The number of carbonyl (C=O) groups excluding carboxylic acids is 2. The highest BCUT2D eigenvalue weighted by molar-refractivity contribution is 5.86. The Morgan fingerprint density at radius 1 is 1.04 bits per heavy atom. The minimum Gasteiger partial charge on any atom is -0.481 e. The van der Waals surface area contributed by atoms with Crippen molar-refractivity contribution < 1.29 is 19.5 Å². The summed E-state index contributed by atoms with van der Waals surface area (Å²) in [6, 6.07) is 9.27. The normalized spacial score (nSPS) is 15.8. The molecule has 23 heavy (non-hydrogen) atoms. The molecule has 6 heteroatoms. The predicted octanol–water partition coefficient (Wildman–Crippen LogP) is 1.25. The molecule has 0 aliphatic heterocycles. The summed E-state index contributed by atoms with van der Waals surface area (Å²) in [4.78, 5) is 34.8. The summed E-state index contributed by atoms with van der Waals surface area (Å²) in [6.07, 6.45) is 3.30. The maximum atomic E-state index is 12.0. The van der Waals surface area contributed by atoms with Crippen LogP contribution in [0.15, 0.2) is 30.3 Å². The fraction of sp³-hybridized carbons (Fsp3) is 0.471. The van der Waals surface area contributed by atoms with E-state index in [0.29, 0.717) is 12.8 Å². The minimum absolute atomic E-state index is 0.0727. The van der Waals surface area contributed by atoms with Crippen LogP contribution in [0.4, 0.5) is 0 Å². The summed E-state index contributed by atoms with van der Waals surface area (Å²) >= 11 is 0. The van der Waals surface area contributed by atoms with Crippen LogP contribution in [0.3, 0.4) is 0 Å². The molecule has 1 aromatic carbocycles. The van der Waals surface area contributed by atoms with Crippen LogP contribution < -0.4 is 10.6 Å². The number of carboxylic acid groups (broad SMARTS) is 1. The molecule has 0 radical (unpaired) electrons. The molecule has 2 rings (SSSR count). The molecule has 2 amide bonds. The fourth-order valence-corrected chi connectivity index (χ4v) is 3.05. The van der Waals surface area contributed by atoms with Gasteiger partial charge in [0.1, 0.15) is 0 Å². The van der Waals surface area contributed by atoms with Crippen molar-refractivity contribution in [2.24, 2.45) is 0 Å². The second-order valence-electron chi connectivity index (χ2n) is 6.05. The maximum absolute atomic E-state index is 12.0. The van der Waals surface area contributed by atoms with Gasteiger partial charge in [-0.2, -0.15) is 0 Å². The molecule has 124 valence electrons. The van der Waals surface area contributed by atoms with Crippen LogP contribution in [0.1, 0.15) is 37.7 Å². The lowest BCUT2D eigenvalue weighted by molar-refractivity contribution is -0.139. The van der Waals surface area contributed by atoms with Crippen LogP contribution in [0.25, 0.3) is 0 Å². The lowest BCUT2D eigenvalue weighted by atomic mass is 9.93. The van der Waals surface area contributed by atoms with Crippen molar-refractivity contribution in [1.82, 2.24) is 10.6 Å². The smallest absolute Gasteiger partial charge is 0.305 e. The van der Waals surface area contributed by atoms with Crippen LogP contribution in [-0.2, 0) is 20.8 Å². The van der Waals surface area contributed by atoms with E-state index in [1.54, 1.807) is 0 Å². The highest BCUT2D eigenvalue weighted by Crippen LogP contribution is 2.32. The van der Waals surface area contributed by atoms with Crippen LogP contribution >= 0.6 is 0 Å². The molecular formula is C17H22N2O4. The van der Waals surface area contributed by atoms with Crippen molar-refractivity contribution >= 4 is 17.8 Å².